The average Bonchev–Trinajstić information content (AvgIpc) is 3.39. The molecule has 3 aromatic rings. The Balaban J connectivity index is 1.34. The highest BCUT2D eigenvalue weighted by atomic mass is 16.7. The summed E-state index contributed by atoms with van der Waals surface area (Å²) in [6, 6.07) is 9.17. The van der Waals surface area contributed by atoms with Crippen LogP contribution in [0.3, 0.4) is 0 Å². The number of hydrogen-bond acceptors (Lipinski definition) is 7. The highest BCUT2D eigenvalue weighted by Gasteiger charge is 2.18. The van der Waals surface area contributed by atoms with Crippen molar-refractivity contribution >= 4 is 5.91 Å². The zero-order valence-electron chi connectivity index (χ0n) is 15.1. The van der Waals surface area contributed by atoms with E-state index in [1.807, 2.05) is 25.1 Å². The summed E-state index contributed by atoms with van der Waals surface area (Å²) >= 11 is 0. The van der Waals surface area contributed by atoms with Crippen LogP contribution in [0.2, 0.25) is 0 Å². The normalized spacial score (nSPS) is 12.4. The smallest absolute Gasteiger partial charge is 0.247 e. The van der Waals surface area contributed by atoms with E-state index in [9.17, 15) is 4.79 Å². The summed E-state index contributed by atoms with van der Waals surface area (Å²) in [6.07, 6.45) is 0.650. The third kappa shape index (κ3) is 3.79. The van der Waals surface area contributed by atoms with Gasteiger partial charge in [0.25, 0.3) is 0 Å². The van der Waals surface area contributed by atoms with E-state index in [-0.39, 0.29) is 19.1 Å². The molecule has 2 aromatic heterocycles. The molecule has 0 radical (unpaired) electrons. The van der Waals surface area contributed by atoms with Crippen molar-refractivity contribution in [3.05, 3.63) is 47.7 Å². The van der Waals surface area contributed by atoms with Crippen LogP contribution in [0, 0.1) is 6.92 Å². The quantitative estimate of drug-likeness (QED) is 0.660. The van der Waals surface area contributed by atoms with E-state index < -0.39 is 0 Å². The molecule has 3 heterocycles. The van der Waals surface area contributed by atoms with Crippen molar-refractivity contribution in [3.63, 3.8) is 0 Å². The van der Waals surface area contributed by atoms with Crippen molar-refractivity contribution in [1.82, 2.24) is 15.1 Å². The maximum Gasteiger partial charge on any atom is 0.247 e. The topological polar surface area (TPSA) is 90.8 Å². The Morgan fingerprint density at radius 2 is 1.96 bits per heavy atom. The van der Waals surface area contributed by atoms with Crippen LogP contribution in [-0.4, -0.2) is 34.8 Å². The van der Waals surface area contributed by atoms with Gasteiger partial charge in [0, 0.05) is 25.5 Å². The molecule has 1 aromatic carbocycles. The largest absolute Gasteiger partial charge is 0.464 e. The molecule has 1 aliphatic rings. The van der Waals surface area contributed by atoms with Crippen molar-refractivity contribution in [2.75, 3.05) is 13.8 Å². The first-order valence-electron chi connectivity index (χ1n) is 8.60. The number of carbonyl (C=O) groups excluding carboxylic acids is 1. The van der Waals surface area contributed by atoms with E-state index in [0.29, 0.717) is 36.2 Å². The molecule has 0 atom stereocenters. The van der Waals surface area contributed by atoms with Gasteiger partial charge in [-0.3, -0.25) is 4.79 Å². The van der Waals surface area contributed by atoms with Crippen LogP contribution in [0.4, 0.5) is 0 Å². The number of carbonyl (C=O) groups is 1. The van der Waals surface area contributed by atoms with Crippen molar-refractivity contribution in [1.29, 1.82) is 0 Å². The lowest BCUT2D eigenvalue weighted by molar-refractivity contribution is -0.130. The number of hydrogen-bond donors (Lipinski definition) is 0. The second-order valence-corrected chi connectivity index (χ2v) is 6.33. The fourth-order valence-electron chi connectivity index (χ4n) is 2.80. The van der Waals surface area contributed by atoms with Crippen molar-refractivity contribution in [2.45, 2.75) is 26.3 Å². The maximum absolute atomic E-state index is 12.3. The Bertz CT molecular complexity index is 962. The lowest BCUT2D eigenvalue weighted by Crippen LogP contribution is -2.26. The first-order valence-corrected chi connectivity index (χ1v) is 8.60. The van der Waals surface area contributed by atoms with Gasteiger partial charge in [-0.1, -0.05) is 0 Å². The molecule has 0 saturated heterocycles. The molecule has 1 aliphatic heterocycles. The summed E-state index contributed by atoms with van der Waals surface area (Å²) in [6.45, 7) is 2.51. The van der Waals surface area contributed by atoms with E-state index in [4.69, 9.17) is 18.3 Å². The van der Waals surface area contributed by atoms with Gasteiger partial charge in [0.15, 0.2) is 11.5 Å². The highest BCUT2D eigenvalue weighted by molar-refractivity contribution is 5.76. The zero-order chi connectivity index (χ0) is 18.8. The van der Waals surface area contributed by atoms with Crippen LogP contribution >= 0.6 is 0 Å². The second-order valence-electron chi connectivity index (χ2n) is 6.33. The van der Waals surface area contributed by atoms with Crippen LogP contribution in [0.5, 0.6) is 11.5 Å². The van der Waals surface area contributed by atoms with Gasteiger partial charge < -0.3 is 23.2 Å². The lowest BCUT2D eigenvalue weighted by Gasteiger charge is -2.15. The van der Waals surface area contributed by atoms with Gasteiger partial charge >= 0.3 is 0 Å². The van der Waals surface area contributed by atoms with Gasteiger partial charge in [0.05, 0.1) is 6.54 Å². The van der Waals surface area contributed by atoms with E-state index in [0.717, 1.165) is 17.1 Å². The highest BCUT2D eigenvalue weighted by Crippen LogP contribution is 2.35. The van der Waals surface area contributed by atoms with Crippen LogP contribution < -0.4 is 9.47 Å². The summed E-state index contributed by atoms with van der Waals surface area (Å²) in [5, 5.41) is 8.08. The van der Waals surface area contributed by atoms with E-state index in [2.05, 4.69) is 10.2 Å². The number of ether oxygens (including phenoxy) is 2. The lowest BCUT2D eigenvalue weighted by atomic mass is 10.2. The minimum Gasteiger partial charge on any atom is -0.464 e. The minimum atomic E-state index is -0.0214. The predicted octanol–water partition coefficient (Wildman–Crippen LogP) is 2.96. The Labute approximate surface area is 155 Å². The molecule has 0 spiro atoms. The summed E-state index contributed by atoms with van der Waals surface area (Å²) in [7, 11) is 1.74. The molecular formula is C19H19N3O5. The molecule has 0 unspecified atom stereocenters. The Kier molecular flexibility index (Phi) is 4.53. The number of aryl methyl sites for hydroxylation is 2. The van der Waals surface area contributed by atoms with Gasteiger partial charge in [-0.2, -0.15) is 0 Å². The molecule has 0 N–H and O–H groups in total. The van der Waals surface area contributed by atoms with Gasteiger partial charge in [-0.25, -0.2) is 0 Å². The second kappa shape index (κ2) is 7.14. The third-order valence-corrected chi connectivity index (χ3v) is 4.25. The van der Waals surface area contributed by atoms with Gasteiger partial charge in [-0.05, 0) is 37.3 Å². The Morgan fingerprint density at radius 3 is 2.78 bits per heavy atom. The number of fused-ring (bicyclic) bond motifs is 1. The number of amides is 1. The summed E-state index contributed by atoms with van der Waals surface area (Å²) < 4.78 is 21.8. The standard InChI is InChI=1S/C19H19N3O5/c1-12-3-5-14(26-12)10-22(2)18(23)8-7-17-20-21-19(27-17)13-4-6-15-16(9-13)25-11-24-15/h3-6,9H,7-8,10-11H2,1-2H3. The van der Waals surface area contributed by atoms with Crippen LogP contribution in [0.25, 0.3) is 11.5 Å². The molecule has 0 fully saturated rings. The van der Waals surface area contributed by atoms with Crippen molar-refractivity contribution in [3.8, 4) is 23.0 Å². The molecule has 1 amide bonds. The fourth-order valence-corrected chi connectivity index (χ4v) is 2.80. The van der Waals surface area contributed by atoms with E-state index in [1.54, 1.807) is 24.1 Å². The van der Waals surface area contributed by atoms with Crippen LogP contribution in [0.1, 0.15) is 23.8 Å². The summed E-state index contributed by atoms with van der Waals surface area (Å²) in [5.41, 5.74) is 0.745. The SMILES string of the molecule is Cc1ccc(CN(C)C(=O)CCc2nnc(-c3ccc4c(c3)OCO4)o2)o1. The van der Waals surface area contributed by atoms with E-state index in [1.165, 1.54) is 0 Å². The van der Waals surface area contributed by atoms with Crippen molar-refractivity contribution in [2.24, 2.45) is 0 Å². The third-order valence-electron chi connectivity index (χ3n) is 4.25. The Hall–Kier alpha value is -3.29. The fraction of sp³-hybridized carbons (Fsp3) is 0.316. The number of furan rings is 1. The number of benzene rings is 1. The number of rotatable bonds is 6. The van der Waals surface area contributed by atoms with E-state index >= 15 is 0 Å². The van der Waals surface area contributed by atoms with Gasteiger partial charge in [-0.15, -0.1) is 10.2 Å². The summed E-state index contributed by atoms with van der Waals surface area (Å²) in [5.74, 6) is 3.70. The molecular weight excluding hydrogens is 350 g/mol. The number of nitrogens with zero attached hydrogens (tertiary/aromatic N) is 3. The van der Waals surface area contributed by atoms with Gasteiger partial charge in [0.1, 0.15) is 11.5 Å². The molecule has 0 saturated carbocycles. The first kappa shape index (κ1) is 17.1. The monoisotopic (exact) mass is 369 g/mol. The molecule has 8 heteroatoms. The molecule has 4 rings (SSSR count). The molecule has 0 bridgehead atoms. The zero-order valence-corrected chi connectivity index (χ0v) is 15.1. The summed E-state index contributed by atoms with van der Waals surface area (Å²) in [4.78, 5) is 13.9. The minimum absolute atomic E-state index is 0.0214. The Morgan fingerprint density at radius 1 is 1.11 bits per heavy atom. The number of aromatic nitrogens is 2. The maximum atomic E-state index is 12.3. The molecule has 8 nitrogen and oxygen atoms in total. The molecule has 140 valence electrons. The first-order chi connectivity index (χ1) is 13.1. The molecule has 27 heavy (non-hydrogen) atoms. The predicted molar refractivity (Wildman–Crippen MR) is 94.1 cm³/mol. The van der Waals surface area contributed by atoms with Gasteiger partial charge in [0.2, 0.25) is 24.5 Å². The molecule has 0 aliphatic carbocycles. The average molecular weight is 369 g/mol. The van der Waals surface area contributed by atoms with Crippen LogP contribution in [-0.2, 0) is 17.8 Å². The van der Waals surface area contributed by atoms with Crippen LogP contribution in [0.15, 0.2) is 39.2 Å². The van der Waals surface area contributed by atoms with Crippen molar-refractivity contribution < 1.29 is 23.1 Å².